The summed E-state index contributed by atoms with van der Waals surface area (Å²) in [4.78, 5) is 3.63. The van der Waals surface area contributed by atoms with Gasteiger partial charge in [0.05, 0.1) is 0 Å². The molecule has 0 radical (unpaired) electrons. The lowest BCUT2D eigenvalue weighted by Gasteiger charge is -2.37. The van der Waals surface area contributed by atoms with Crippen molar-refractivity contribution in [2.24, 2.45) is 5.90 Å². The topological polar surface area (TPSA) is 55.5 Å². The molecule has 0 saturated carbocycles. The summed E-state index contributed by atoms with van der Waals surface area (Å²) < 4.78 is 74.1. The first-order valence-corrected chi connectivity index (χ1v) is 4.23. The van der Waals surface area contributed by atoms with Gasteiger partial charge >= 0.3 is 12.4 Å². The molecule has 9 heteroatoms. The van der Waals surface area contributed by atoms with Crippen LogP contribution in [0.1, 0.15) is 13.3 Å². The molecule has 3 nitrogen and oxygen atoms in total. The number of rotatable bonds is 4. The van der Waals surface area contributed by atoms with Crippen LogP contribution in [0.4, 0.5) is 26.3 Å². The Morgan fingerprint density at radius 1 is 1.24 bits per heavy atom. The summed E-state index contributed by atoms with van der Waals surface area (Å²) in [6.45, 7) is 4.32. The summed E-state index contributed by atoms with van der Waals surface area (Å²) in [5.41, 5.74) is -5.08. The van der Waals surface area contributed by atoms with Gasteiger partial charge in [0, 0.05) is 0 Å². The van der Waals surface area contributed by atoms with E-state index in [0.29, 0.717) is 0 Å². The van der Waals surface area contributed by atoms with Crippen molar-refractivity contribution in [2.75, 3.05) is 0 Å². The lowest BCUT2D eigenvalue weighted by atomic mass is 9.90. The third-order valence-corrected chi connectivity index (χ3v) is 2.03. The molecule has 0 amide bonds. The minimum absolute atomic E-state index is 0.0487. The van der Waals surface area contributed by atoms with Crippen LogP contribution in [0.15, 0.2) is 12.2 Å². The second kappa shape index (κ2) is 4.83. The molecular formula is C8H11F6NO2. The SMILES string of the molecule is C=C(C)CC(ON)C(O)(C(F)(F)F)C(F)(F)F. The quantitative estimate of drug-likeness (QED) is 0.465. The van der Waals surface area contributed by atoms with Crippen molar-refractivity contribution >= 4 is 0 Å². The van der Waals surface area contributed by atoms with Crippen molar-refractivity contribution in [3.63, 3.8) is 0 Å². The van der Waals surface area contributed by atoms with E-state index in [2.05, 4.69) is 17.3 Å². The van der Waals surface area contributed by atoms with Crippen molar-refractivity contribution in [1.82, 2.24) is 0 Å². The summed E-state index contributed by atoms with van der Waals surface area (Å²) >= 11 is 0. The van der Waals surface area contributed by atoms with Gasteiger partial charge in [-0.2, -0.15) is 26.3 Å². The van der Waals surface area contributed by atoms with Gasteiger partial charge in [0.2, 0.25) is 0 Å². The Kier molecular flexibility index (Phi) is 4.60. The Morgan fingerprint density at radius 3 is 1.76 bits per heavy atom. The van der Waals surface area contributed by atoms with Gasteiger partial charge in [-0.1, -0.05) is 5.57 Å². The van der Waals surface area contributed by atoms with Crippen molar-refractivity contribution in [3.05, 3.63) is 12.2 Å². The van der Waals surface area contributed by atoms with E-state index in [0.717, 1.165) is 0 Å². The molecule has 0 saturated heterocycles. The average molecular weight is 267 g/mol. The Hall–Kier alpha value is -0.800. The molecule has 0 heterocycles. The van der Waals surface area contributed by atoms with E-state index in [1.54, 1.807) is 0 Å². The van der Waals surface area contributed by atoms with E-state index in [4.69, 9.17) is 5.11 Å². The highest BCUT2D eigenvalue weighted by molar-refractivity contribution is 5.05. The molecule has 3 N–H and O–H groups in total. The first-order valence-electron chi connectivity index (χ1n) is 4.23. The Morgan fingerprint density at radius 2 is 1.59 bits per heavy atom. The number of nitrogens with two attached hydrogens (primary N) is 1. The predicted molar refractivity (Wildman–Crippen MR) is 45.6 cm³/mol. The van der Waals surface area contributed by atoms with Crippen LogP contribution < -0.4 is 5.90 Å². The number of aliphatic hydroxyl groups is 1. The van der Waals surface area contributed by atoms with Crippen LogP contribution >= 0.6 is 0 Å². The fourth-order valence-corrected chi connectivity index (χ4v) is 1.14. The summed E-state index contributed by atoms with van der Waals surface area (Å²) in [6.07, 6.45) is -15.5. The molecule has 0 fully saturated rings. The van der Waals surface area contributed by atoms with E-state index in [1.807, 2.05) is 0 Å². The molecule has 0 aromatic rings. The minimum atomic E-state index is -5.97. The lowest BCUT2D eigenvalue weighted by Crippen LogP contribution is -2.65. The molecule has 0 aliphatic rings. The largest absolute Gasteiger partial charge is 0.429 e. The number of hydrogen-bond donors (Lipinski definition) is 2. The minimum Gasteiger partial charge on any atom is -0.372 e. The molecule has 0 rings (SSSR count). The Labute approximate surface area is 92.8 Å². The highest BCUT2D eigenvalue weighted by Gasteiger charge is 2.74. The average Bonchev–Trinajstić information content (AvgIpc) is 2.08. The second-order valence-electron chi connectivity index (χ2n) is 3.55. The summed E-state index contributed by atoms with van der Waals surface area (Å²) in [5, 5.41) is 8.90. The maximum absolute atomic E-state index is 12.4. The molecule has 102 valence electrons. The molecule has 0 spiro atoms. The summed E-state index contributed by atoms with van der Waals surface area (Å²) in [5.74, 6) is 4.40. The smallest absolute Gasteiger partial charge is 0.372 e. The van der Waals surface area contributed by atoms with Gasteiger partial charge in [-0.25, -0.2) is 5.90 Å². The highest BCUT2D eigenvalue weighted by atomic mass is 19.4. The van der Waals surface area contributed by atoms with Crippen molar-refractivity contribution in [1.29, 1.82) is 0 Å². The van der Waals surface area contributed by atoms with Gasteiger partial charge < -0.3 is 5.11 Å². The van der Waals surface area contributed by atoms with Gasteiger partial charge in [-0.3, -0.25) is 4.84 Å². The third kappa shape index (κ3) is 3.11. The number of halogens is 6. The van der Waals surface area contributed by atoms with E-state index in [1.165, 1.54) is 6.92 Å². The maximum Gasteiger partial charge on any atom is 0.429 e. The number of hydrogen-bond acceptors (Lipinski definition) is 3. The predicted octanol–water partition coefficient (Wildman–Crippen LogP) is 2.07. The Bertz CT molecular complexity index is 271. The third-order valence-electron chi connectivity index (χ3n) is 2.03. The van der Waals surface area contributed by atoms with Gasteiger partial charge in [-0.05, 0) is 13.3 Å². The van der Waals surface area contributed by atoms with Crippen LogP contribution in [0.2, 0.25) is 0 Å². The molecule has 0 aliphatic carbocycles. The van der Waals surface area contributed by atoms with E-state index < -0.39 is 30.5 Å². The lowest BCUT2D eigenvalue weighted by molar-refractivity contribution is -0.395. The normalized spacial score (nSPS) is 15.8. The van der Waals surface area contributed by atoms with Gasteiger partial charge in [0.1, 0.15) is 6.10 Å². The first-order chi connectivity index (χ1) is 7.38. The fraction of sp³-hybridized carbons (Fsp3) is 0.750. The monoisotopic (exact) mass is 267 g/mol. The zero-order valence-electron chi connectivity index (χ0n) is 8.69. The summed E-state index contributed by atoms with van der Waals surface area (Å²) in [6, 6.07) is 0. The zero-order valence-corrected chi connectivity index (χ0v) is 8.69. The van der Waals surface area contributed by atoms with Crippen molar-refractivity contribution in [3.8, 4) is 0 Å². The molecule has 0 aromatic heterocycles. The van der Waals surface area contributed by atoms with Gasteiger partial charge in [0.15, 0.2) is 0 Å². The number of alkyl halides is 6. The molecule has 1 unspecified atom stereocenters. The van der Waals surface area contributed by atoms with Crippen LogP contribution in [-0.2, 0) is 4.84 Å². The first kappa shape index (κ1) is 16.2. The Balaban J connectivity index is 5.53. The van der Waals surface area contributed by atoms with Crippen molar-refractivity contribution in [2.45, 2.75) is 37.4 Å². The molecule has 0 aliphatic heterocycles. The van der Waals surface area contributed by atoms with Gasteiger partial charge in [0.25, 0.3) is 5.60 Å². The van der Waals surface area contributed by atoms with Crippen LogP contribution in [0.25, 0.3) is 0 Å². The second-order valence-corrected chi connectivity index (χ2v) is 3.55. The standard InChI is InChI=1S/C8H11F6NO2/c1-4(2)3-5(17-15)6(16,7(9,10)11)8(12,13)14/h5,16H,1,3,15H2,2H3. The van der Waals surface area contributed by atoms with E-state index in [9.17, 15) is 26.3 Å². The molecule has 17 heavy (non-hydrogen) atoms. The van der Waals surface area contributed by atoms with Crippen LogP contribution in [-0.4, -0.2) is 29.2 Å². The highest BCUT2D eigenvalue weighted by Crippen LogP contribution is 2.47. The zero-order chi connectivity index (χ0) is 14.1. The van der Waals surface area contributed by atoms with Crippen molar-refractivity contribution < 1.29 is 36.3 Å². The summed E-state index contributed by atoms with van der Waals surface area (Å²) in [7, 11) is 0. The van der Waals surface area contributed by atoms with E-state index in [-0.39, 0.29) is 5.57 Å². The van der Waals surface area contributed by atoms with E-state index >= 15 is 0 Å². The molecule has 0 bridgehead atoms. The molecule has 0 aromatic carbocycles. The molecular weight excluding hydrogens is 256 g/mol. The maximum atomic E-state index is 12.4. The fourth-order valence-electron chi connectivity index (χ4n) is 1.14. The molecule has 1 atom stereocenters. The van der Waals surface area contributed by atoms with Crippen LogP contribution in [0.3, 0.4) is 0 Å². The van der Waals surface area contributed by atoms with Gasteiger partial charge in [-0.15, -0.1) is 6.58 Å². The van der Waals surface area contributed by atoms with Crippen LogP contribution in [0, 0.1) is 0 Å². The van der Waals surface area contributed by atoms with Crippen LogP contribution in [0.5, 0.6) is 0 Å².